The predicted molar refractivity (Wildman–Crippen MR) is 66.9 cm³/mol. The minimum atomic E-state index is 0.460. The van der Waals surface area contributed by atoms with Crippen molar-refractivity contribution in [2.45, 2.75) is 13.5 Å². The fraction of sp³-hybridized carbons (Fsp3) is 0.182. The third kappa shape index (κ3) is 1.86. The van der Waals surface area contributed by atoms with Gasteiger partial charge in [-0.1, -0.05) is 5.16 Å². The number of nitrogens with two attached hydrogens (primary N) is 1. The van der Waals surface area contributed by atoms with E-state index in [1.54, 1.807) is 13.1 Å². The quantitative estimate of drug-likeness (QED) is 0.602. The molecule has 0 aliphatic rings. The molecule has 0 atom stereocenters. The number of benzene rings is 1. The molecular formula is C11H12N6O. The van der Waals surface area contributed by atoms with Crippen LogP contribution in [0.5, 0.6) is 0 Å². The molecule has 0 unspecified atom stereocenters. The van der Waals surface area contributed by atoms with Gasteiger partial charge in [-0.15, -0.1) is 0 Å². The molecule has 0 amide bonds. The molecule has 4 N–H and O–H groups in total. The number of nitrogen functional groups attached to an aromatic ring is 1. The second-order valence-corrected chi connectivity index (χ2v) is 3.98. The maximum atomic E-state index is 5.95. The van der Waals surface area contributed by atoms with Crippen molar-refractivity contribution in [2.24, 2.45) is 0 Å². The zero-order valence-corrected chi connectivity index (χ0v) is 9.77. The molecule has 0 radical (unpaired) electrons. The standard InChI is InChI=1S/C11H12N6O/c1-6-15-11(17-18-6)5-13-10-3-9-7(2-8(10)12)4-14-16-9/h2-4,13H,5,12H2,1H3,(H,14,16). The molecule has 1 aromatic carbocycles. The number of hydrogen-bond acceptors (Lipinski definition) is 6. The summed E-state index contributed by atoms with van der Waals surface area (Å²) in [4.78, 5) is 4.11. The van der Waals surface area contributed by atoms with Gasteiger partial charge in [-0.05, 0) is 12.1 Å². The van der Waals surface area contributed by atoms with Crippen LogP contribution in [-0.2, 0) is 6.54 Å². The first-order valence-corrected chi connectivity index (χ1v) is 5.48. The summed E-state index contributed by atoms with van der Waals surface area (Å²) in [7, 11) is 0. The van der Waals surface area contributed by atoms with Gasteiger partial charge in [0.05, 0.1) is 29.6 Å². The highest BCUT2D eigenvalue weighted by atomic mass is 16.5. The molecule has 3 rings (SSSR count). The number of aromatic nitrogens is 4. The lowest BCUT2D eigenvalue weighted by Crippen LogP contribution is -2.03. The van der Waals surface area contributed by atoms with E-state index >= 15 is 0 Å². The Kier molecular flexibility index (Phi) is 2.36. The van der Waals surface area contributed by atoms with E-state index in [0.717, 1.165) is 16.6 Å². The van der Waals surface area contributed by atoms with E-state index in [2.05, 4.69) is 25.7 Å². The van der Waals surface area contributed by atoms with Crippen LogP contribution in [0.4, 0.5) is 11.4 Å². The van der Waals surface area contributed by atoms with E-state index in [1.165, 1.54) is 0 Å². The Morgan fingerprint density at radius 3 is 3.11 bits per heavy atom. The van der Waals surface area contributed by atoms with Crippen LogP contribution in [0.1, 0.15) is 11.7 Å². The van der Waals surface area contributed by atoms with Gasteiger partial charge in [-0.3, -0.25) is 5.10 Å². The molecule has 0 saturated heterocycles. The van der Waals surface area contributed by atoms with E-state index in [9.17, 15) is 0 Å². The van der Waals surface area contributed by atoms with E-state index in [4.69, 9.17) is 10.3 Å². The lowest BCUT2D eigenvalue weighted by molar-refractivity contribution is 0.388. The number of anilines is 2. The number of rotatable bonds is 3. The Balaban J connectivity index is 1.83. The molecule has 0 spiro atoms. The van der Waals surface area contributed by atoms with Crippen LogP contribution >= 0.6 is 0 Å². The largest absolute Gasteiger partial charge is 0.397 e. The van der Waals surface area contributed by atoms with Gasteiger partial charge >= 0.3 is 0 Å². The number of hydrogen-bond donors (Lipinski definition) is 3. The van der Waals surface area contributed by atoms with Crippen LogP contribution in [0, 0.1) is 6.92 Å². The van der Waals surface area contributed by atoms with Crippen molar-refractivity contribution >= 4 is 22.3 Å². The molecule has 0 aliphatic heterocycles. The molecule has 2 aromatic heterocycles. The minimum absolute atomic E-state index is 0.460. The van der Waals surface area contributed by atoms with Crippen molar-refractivity contribution < 1.29 is 4.52 Å². The minimum Gasteiger partial charge on any atom is -0.397 e. The molecule has 7 heteroatoms. The van der Waals surface area contributed by atoms with Crippen molar-refractivity contribution in [3.05, 3.63) is 30.0 Å². The van der Waals surface area contributed by atoms with Crippen LogP contribution in [0.2, 0.25) is 0 Å². The second-order valence-electron chi connectivity index (χ2n) is 3.98. The topological polar surface area (TPSA) is 106 Å². The molecule has 0 bridgehead atoms. The SMILES string of the molecule is Cc1nc(CNc2cc3[nH]ncc3cc2N)no1. The Bertz CT molecular complexity index is 686. The van der Waals surface area contributed by atoms with Gasteiger partial charge in [0.25, 0.3) is 0 Å². The summed E-state index contributed by atoms with van der Waals surface area (Å²) in [6.45, 7) is 2.21. The number of aryl methyl sites for hydroxylation is 1. The molecule has 2 heterocycles. The highest BCUT2D eigenvalue weighted by Gasteiger charge is 2.06. The van der Waals surface area contributed by atoms with Gasteiger partial charge < -0.3 is 15.6 Å². The molecule has 92 valence electrons. The lowest BCUT2D eigenvalue weighted by atomic mass is 10.2. The molecule has 0 aliphatic carbocycles. The summed E-state index contributed by atoms with van der Waals surface area (Å²) in [5.74, 6) is 1.14. The number of fused-ring (bicyclic) bond motifs is 1. The monoisotopic (exact) mass is 244 g/mol. The summed E-state index contributed by atoms with van der Waals surface area (Å²) in [5.41, 5.74) is 8.34. The average molecular weight is 244 g/mol. The summed E-state index contributed by atoms with van der Waals surface area (Å²) >= 11 is 0. The number of H-pyrrole nitrogens is 1. The van der Waals surface area contributed by atoms with E-state index in [0.29, 0.717) is 23.9 Å². The van der Waals surface area contributed by atoms with Crippen molar-refractivity contribution in [1.29, 1.82) is 0 Å². The Hall–Kier alpha value is -2.57. The predicted octanol–water partition coefficient (Wildman–Crippen LogP) is 1.45. The van der Waals surface area contributed by atoms with Crippen molar-refractivity contribution in [3.63, 3.8) is 0 Å². The second kappa shape index (κ2) is 4.02. The van der Waals surface area contributed by atoms with E-state index in [-0.39, 0.29) is 0 Å². The first kappa shape index (κ1) is 10.6. The number of nitrogens with zero attached hydrogens (tertiary/aromatic N) is 3. The van der Waals surface area contributed by atoms with Crippen LogP contribution < -0.4 is 11.1 Å². The molecule has 7 nitrogen and oxygen atoms in total. The lowest BCUT2D eigenvalue weighted by Gasteiger charge is -2.07. The van der Waals surface area contributed by atoms with Crippen molar-refractivity contribution in [3.8, 4) is 0 Å². The average Bonchev–Trinajstić information content (AvgIpc) is 2.94. The first-order chi connectivity index (χ1) is 8.72. The zero-order chi connectivity index (χ0) is 12.5. The Morgan fingerprint density at radius 2 is 2.33 bits per heavy atom. The maximum Gasteiger partial charge on any atom is 0.223 e. The summed E-state index contributed by atoms with van der Waals surface area (Å²) < 4.78 is 4.89. The zero-order valence-electron chi connectivity index (χ0n) is 9.77. The third-order valence-corrected chi connectivity index (χ3v) is 2.62. The first-order valence-electron chi connectivity index (χ1n) is 5.48. The highest BCUT2D eigenvalue weighted by molar-refractivity contribution is 5.88. The number of nitrogens with one attached hydrogen (secondary N) is 2. The van der Waals surface area contributed by atoms with Gasteiger partial charge in [0, 0.05) is 12.3 Å². The molecule has 0 saturated carbocycles. The molecular weight excluding hydrogens is 232 g/mol. The molecule has 18 heavy (non-hydrogen) atoms. The van der Waals surface area contributed by atoms with Gasteiger partial charge in [0.2, 0.25) is 5.89 Å². The molecule has 3 aromatic rings. The Morgan fingerprint density at radius 1 is 1.44 bits per heavy atom. The number of aromatic amines is 1. The fourth-order valence-electron chi connectivity index (χ4n) is 1.75. The van der Waals surface area contributed by atoms with Crippen molar-refractivity contribution in [2.75, 3.05) is 11.1 Å². The molecule has 0 fully saturated rings. The maximum absolute atomic E-state index is 5.95. The summed E-state index contributed by atoms with van der Waals surface area (Å²) in [6.07, 6.45) is 1.73. The van der Waals surface area contributed by atoms with Gasteiger partial charge in [-0.2, -0.15) is 10.1 Å². The summed E-state index contributed by atoms with van der Waals surface area (Å²) in [5, 5.41) is 14.8. The van der Waals surface area contributed by atoms with Crippen LogP contribution in [0.25, 0.3) is 10.9 Å². The highest BCUT2D eigenvalue weighted by Crippen LogP contribution is 2.24. The van der Waals surface area contributed by atoms with Crippen LogP contribution in [0.15, 0.2) is 22.9 Å². The van der Waals surface area contributed by atoms with Gasteiger partial charge in [0.1, 0.15) is 0 Å². The van der Waals surface area contributed by atoms with Crippen LogP contribution in [-0.4, -0.2) is 20.3 Å². The van der Waals surface area contributed by atoms with Gasteiger partial charge in [0.15, 0.2) is 5.82 Å². The van der Waals surface area contributed by atoms with E-state index < -0.39 is 0 Å². The van der Waals surface area contributed by atoms with Crippen LogP contribution in [0.3, 0.4) is 0 Å². The fourth-order valence-corrected chi connectivity index (χ4v) is 1.75. The third-order valence-electron chi connectivity index (χ3n) is 2.62. The van der Waals surface area contributed by atoms with Crippen molar-refractivity contribution in [1.82, 2.24) is 20.3 Å². The van der Waals surface area contributed by atoms with Gasteiger partial charge in [-0.25, -0.2) is 0 Å². The summed E-state index contributed by atoms with van der Waals surface area (Å²) in [6, 6.07) is 3.77. The smallest absolute Gasteiger partial charge is 0.223 e. The Labute approximate surface area is 102 Å². The van der Waals surface area contributed by atoms with E-state index in [1.807, 2.05) is 12.1 Å². The normalized spacial score (nSPS) is 10.9.